The van der Waals surface area contributed by atoms with Crippen LogP contribution in [0.4, 0.5) is 8.78 Å². The van der Waals surface area contributed by atoms with E-state index in [9.17, 15) is 27.4 Å². The van der Waals surface area contributed by atoms with Crippen molar-refractivity contribution in [2.24, 2.45) is 14.7 Å². The first-order valence-corrected chi connectivity index (χ1v) is 12.2. The average molecular weight is 509 g/mol. The number of halogens is 2. The molecule has 2 aliphatic rings. The Morgan fingerprint density at radius 2 is 1.44 bits per heavy atom. The Hall–Kier alpha value is -0.580. The fraction of sp³-hybridized carbons (Fsp3) is 0.909. The van der Waals surface area contributed by atoms with Crippen LogP contribution in [0.3, 0.4) is 0 Å². The summed E-state index contributed by atoms with van der Waals surface area (Å²) in [6.45, 7) is 9.82. The van der Waals surface area contributed by atoms with E-state index in [4.69, 9.17) is 13.7 Å². The van der Waals surface area contributed by atoms with Crippen LogP contribution in [-0.2, 0) is 22.0 Å². The molecular formula is C22H40F2N2O4S2. The molecule has 2 aliphatic carbocycles. The van der Waals surface area contributed by atoms with Gasteiger partial charge in [0.2, 0.25) is 5.92 Å². The van der Waals surface area contributed by atoms with E-state index in [1.165, 1.54) is 27.0 Å². The van der Waals surface area contributed by atoms with E-state index in [-0.39, 0.29) is 31.9 Å². The van der Waals surface area contributed by atoms with Gasteiger partial charge in [0.25, 0.3) is 0 Å². The first-order valence-electron chi connectivity index (χ1n) is 14.9. The van der Waals surface area contributed by atoms with Crippen molar-refractivity contribution in [1.29, 1.82) is 0 Å². The molecule has 0 aromatic heterocycles. The highest BCUT2D eigenvalue weighted by atomic mass is 32.2. The van der Waals surface area contributed by atoms with E-state index < -0.39 is 80.5 Å². The molecule has 188 valence electrons. The molecule has 4 atom stereocenters. The fourth-order valence-corrected chi connectivity index (χ4v) is 3.28. The Kier molecular flexibility index (Phi) is 6.20. The molecule has 2 N–H and O–H groups in total. The highest BCUT2D eigenvalue weighted by Crippen LogP contribution is 2.37. The van der Waals surface area contributed by atoms with Crippen molar-refractivity contribution in [3.63, 3.8) is 0 Å². The van der Waals surface area contributed by atoms with Gasteiger partial charge in [-0.1, -0.05) is 12.7 Å². The zero-order valence-corrected chi connectivity index (χ0v) is 20.8. The summed E-state index contributed by atoms with van der Waals surface area (Å²) in [6.07, 6.45) is -17.6. The van der Waals surface area contributed by atoms with Crippen LogP contribution in [0.1, 0.15) is 106 Å². The first kappa shape index (κ1) is 16.9. The molecule has 0 saturated heterocycles. The van der Waals surface area contributed by atoms with Crippen LogP contribution >= 0.6 is 0 Å². The molecule has 0 spiro atoms. The Morgan fingerprint density at radius 1 is 0.969 bits per heavy atom. The van der Waals surface area contributed by atoms with Crippen molar-refractivity contribution in [2.75, 3.05) is 0 Å². The van der Waals surface area contributed by atoms with Gasteiger partial charge in [-0.2, -0.15) is 8.80 Å². The van der Waals surface area contributed by atoms with Crippen molar-refractivity contribution in [1.82, 2.24) is 0 Å². The normalized spacial score (nSPS) is 43.7. The number of alkyl halides is 2. The lowest BCUT2D eigenvalue weighted by atomic mass is 9.84. The van der Waals surface area contributed by atoms with E-state index in [2.05, 4.69) is 8.80 Å². The molecule has 2 saturated carbocycles. The van der Waals surface area contributed by atoms with Crippen molar-refractivity contribution in [3.05, 3.63) is 0 Å². The minimum atomic E-state index is -3.76. The summed E-state index contributed by atoms with van der Waals surface area (Å²) in [7, 11) is -3.51. The Morgan fingerprint density at radius 3 is 1.94 bits per heavy atom. The molecule has 0 aromatic carbocycles. The second-order valence-electron chi connectivity index (χ2n) is 9.41. The van der Waals surface area contributed by atoms with Crippen LogP contribution in [0.25, 0.3) is 0 Å². The van der Waals surface area contributed by atoms with Gasteiger partial charge in [0.15, 0.2) is 0 Å². The molecule has 2 unspecified atom stereocenters. The van der Waals surface area contributed by atoms with Gasteiger partial charge < -0.3 is 10.2 Å². The third kappa shape index (κ3) is 10.6. The quantitative estimate of drug-likeness (QED) is 0.545. The van der Waals surface area contributed by atoms with Crippen LogP contribution in [0.15, 0.2) is 8.80 Å². The van der Waals surface area contributed by atoms with E-state index in [1.54, 1.807) is 20.8 Å². The van der Waals surface area contributed by atoms with Crippen LogP contribution in [0, 0.1) is 5.89 Å². The Labute approximate surface area is 210 Å². The van der Waals surface area contributed by atoms with Crippen LogP contribution < -0.4 is 0 Å². The average Bonchev–Trinajstić information content (AvgIpc) is 2.80. The predicted molar refractivity (Wildman–Crippen MR) is 129 cm³/mol. The summed E-state index contributed by atoms with van der Waals surface area (Å²) < 4.78 is 133. The molecule has 10 heteroatoms. The van der Waals surface area contributed by atoms with Gasteiger partial charge in [0.05, 0.1) is 16.9 Å². The summed E-state index contributed by atoms with van der Waals surface area (Å²) in [5, 5.41) is 20.3. The number of hydrogen-bond donors (Lipinski definition) is 2. The molecule has 32 heavy (non-hydrogen) atoms. The van der Waals surface area contributed by atoms with Crippen molar-refractivity contribution < 1.29 is 41.1 Å². The van der Waals surface area contributed by atoms with Gasteiger partial charge in [-0.3, -0.25) is 0 Å². The zero-order valence-electron chi connectivity index (χ0n) is 29.2. The van der Waals surface area contributed by atoms with Gasteiger partial charge in [0.1, 0.15) is 27.6 Å². The molecule has 2 rings (SSSR count). The number of rotatable bonds is 4. The SMILES string of the molecule is CC(C)(C)[S@](=O)N=CC1(O)CCC(F)(F)CC1.[2H]C1([2H])C([2H])([2H])C([2H])([2H])C([2H])(C=N[S@@](=O)C(C)(C)C)C([2H])(O)C1([2H])[2H]. The van der Waals surface area contributed by atoms with E-state index in [0.717, 1.165) is 0 Å². The highest BCUT2D eigenvalue weighted by molar-refractivity contribution is 7.85. The lowest BCUT2D eigenvalue weighted by Crippen LogP contribution is -2.40. The van der Waals surface area contributed by atoms with Gasteiger partial charge in [0, 0.05) is 43.5 Å². The molecule has 0 heterocycles. The second-order valence-corrected chi connectivity index (χ2v) is 13.3. The smallest absolute Gasteiger partial charge is 0.248 e. The molecule has 0 amide bonds. The van der Waals surface area contributed by atoms with E-state index in [1.807, 2.05) is 0 Å². The Balaban J connectivity index is 0.000000452. The maximum absolute atomic E-state index is 12.9. The molecule has 2 fully saturated rings. The minimum Gasteiger partial charge on any atom is -0.392 e. The largest absolute Gasteiger partial charge is 0.392 e. The third-order valence-corrected chi connectivity index (χ3v) is 6.95. The maximum atomic E-state index is 12.9. The van der Waals surface area contributed by atoms with Gasteiger partial charge in [-0.05, 0) is 67.1 Å². The van der Waals surface area contributed by atoms with Crippen molar-refractivity contribution in [2.45, 2.75) is 120 Å². The topological polar surface area (TPSA) is 99.3 Å². The lowest BCUT2D eigenvalue weighted by molar-refractivity contribution is -0.0776. The minimum absolute atomic E-state index is 0.0369. The molecule has 0 aromatic rings. The van der Waals surface area contributed by atoms with Crippen molar-refractivity contribution >= 4 is 34.4 Å². The standard InChI is InChI=1S/C11H19F2NO2S.C11H21NO2S/c1-9(2,3)17(16)14-8-10(15)4-6-11(12,13)7-5-10;1-11(2,3)15(14)12-8-9-6-4-5-7-10(9)13/h8,15H,4-7H2,1-3H3;8-10,13H,4-7H2,1-3H3/t17-;9?,10?,15-/m00/s1/i;4D2,5D2,6D2,7D2,9D,10D. The molecule has 0 radical (unpaired) electrons. The molecule has 0 aliphatic heterocycles. The number of aliphatic hydroxyl groups is 2. The van der Waals surface area contributed by atoms with Crippen LogP contribution in [0.5, 0.6) is 0 Å². The number of hydrogen-bond acceptors (Lipinski definition) is 4. The predicted octanol–water partition coefficient (Wildman–Crippen LogP) is 4.53. The molecular weight excluding hydrogens is 458 g/mol. The maximum Gasteiger partial charge on any atom is 0.248 e. The summed E-state index contributed by atoms with van der Waals surface area (Å²) in [4.78, 5) is 0. The van der Waals surface area contributed by atoms with E-state index in [0.29, 0.717) is 0 Å². The summed E-state index contributed by atoms with van der Waals surface area (Å²) >= 11 is 0. The second kappa shape index (κ2) is 11.7. The molecule has 6 nitrogen and oxygen atoms in total. The highest BCUT2D eigenvalue weighted by Gasteiger charge is 2.41. The van der Waals surface area contributed by atoms with Crippen molar-refractivity contribution in [3.8, 4) is 0 Å². The zero-order chi connectivity index (χ0) is 33.8. The Bertz CT molecular complexity index is 1080. The number of nitrogens with zero attached hydrogens (tertiary/aromatic N) is 2. The molecule has 0 bridgehead atoms. The summed E-state index contributed by atoms with van der Waals surface area (Å²) in [6, 6.07) is 0. The van der Waals surface area contributed by atoms with Gasteiger partial charge in [-0.15, -0.1) is 0 Å². The summed E-state index contributed by atoms with van der Waals surface area (Å²) in [5.74, 6) is -6.07. The van der Waals surface area contributed by atoms with Gasteiger partial charge >= 0.3 is 0 Å². The van der Waals surface area contributed by atoms with Crippen LogP contribution in [-0.4, -0.2) is 58.2 Å². The lowest BCUT2D eigenvalue weighted by Gasteiger charge is -2.32. The third-order valence-electron chi connectivity index (χ3n) is 4.26. The van der Waals surface area contributed by atoms with Crippen LogP contribution in [0.2, 0.25) is 0 Å². The monoisotopic (exact) mass is 508 g/mol. The fourth-order valence-electron chi connectivity index (χ4n) is 2.15. The summed E-state index contributed by atoms with van der Waals surface area (Å²) in [5.41, 5.74) is -1.33. The first-order chi connectivity index (χ1) is 18.2. The van der Waals surface area contributed by atoms with E-state index >= 15 is 0 Å². The van der Waals surface area contributed by atoms with Gasteiger partial charge in [-0.25, -0.2) is 17.2 Å².